The Bertz CT molecular complexity index is 289. The molecule has 72 valence electrons. The minimum Gasteiger partial charge on any atom is -0.480 e. The molecule has 1 rings (SSSR count). The van der Waals surface area contributed by atoms with Crippen LogP contribution in [0.2, 0.25) is 0 Å². The van der Waals surface area contributed by atoms with Crippen molar-refractivity contribution in [3.8, 4) is 0 Å². The molecule has 1 aromatic carbocycles. The van der Waals surface area contributed by atoms with E-state index in [9.17, 15) is 9.18 Å². The van der Waals surface area contributed by atoms with Crippen LogP contribution < -0.4 is 5.73 Å². The average molecular weight is 206 g/mol. The lowest BCUT2D eigenvalue weighted by molar-refractivity contribution is -0.138. The predicted octanol–water partition coefficient (Wildman–Crippen LogP) is 1.33. The van der Waals surface area contributed by atoms with Crippen LogP contribution in [-0.4, -0.2) is 11.1 Å². The number of benzene rings is 1. The Morgan fingerprint density at radius 1 is 1.38 bits per heavy atom. The smallest absolute Gasteiger partial charge is 0.325 e. The number of halogens is 2. The summed E-state index contributed by atoms with van der Waals surface area (Å²) < 4.78 is 12.4. The SMILES string of the molecule is Cl.N[C@@H](C(=O)O)c1ccc(F)cc1. The third-order valence-electron chi connectivity index (χ3n) is 1.50. The summed E-state index contributed by atoms with van der Waals surface area (Å²) in [6.07, 6.45) is 0. The molecule has 3 nitrogen and oxygen atoms in total. The second kappa shape index (κ2) is 4.79. The third kappa shape index (κ3) is 3.01. The van der Waals surface area contributed by atoms with E-state index in [1.807, 2.05) is 0 Å². The van der Waals surface area contributed by atoms with Crippen molar-refractivity contribution >= 4 is 18.4 Å². The van der Waals surface area contributed by atoms with Crippen molar-refractivity contribution in [2.24, 2.45) is 5.73 Å². The zero-order chi connectivity index (χ0) is 9.14. The van der Waals surface area contributed by atoms with Crippen LogP contribution in [0.1, 0.15) is 11.6 Å². The molecule has 0 heterocycles. The van der Waals surface area contributed by atoms with Crippen molar-refractivity contribution in [3.63, 3.8) is 0 Å². The molecule has 1 aromatic rings. The molecule has 0 bridgehead atoms. The van der Waals surface area contributed by atoms with E-state index in [1.165, 1.54) is 24.3 Å². The number of carboxylic acid groups (broad SMARTS) is 1. The highest BCUT2D eigenvalue weighted by atomic mass is 35.5. The summed E-state index contributed by atoms with van der Waals surface area (Å²) in [7, 11) is 0. The van der Waals surface area contributed by atoms with Crippen molar-refractivity contribution in [1.82, 2.24) is 0 Å². The number of nitrogens with two attached hydrogens (primary N) is 1. The second-order valence-corrected chi connectivity index (χ2v) is 2.37. The number of rotatable bonds is 2. The van der Waals surface area contributed by atoms with Gasteiger partial charge in [0, 0.05) is 0 Å². The van der Waals surface area contributed by atoms with Gasteiger partial charge in [0.25, 0.3) is 0 Å². The van der Waals surface area contributed by atoms with Crippen molar-refractivity contribution in [1.29, 1.82) is 0 Å². The highest BCUT2D eigenvalue weighted by molar-refractivity contribution is 5.85. The summed E-state index contributed by atoms with van der Waals surface area (Å²) in [5, 5.41) is 8.49. The molecule has 0 saturated carbocycles. The van der Waals surface area contributed by atoms with E-state index in [0.717, 1.165) is 0 Å². The molecule has 5 heteroatoms. The van der Waals surface area contributed by atoms with Crippen LogP contribution in [0, 0.1) is 5.82 Å². The maximum atomic E-state index is 12.4. The van der Waals surface area contributed by atoms with Gasteiger partial charge in [-0.15, -0.1) is 12.4 Å². The minimum absolute atomic E-state index is 0. The molecule has 0 aliphatic rings. The van der Waals surface area contributed by atoms with Crippen LogP contribution in [-0.2, 0) is 4.79 Å². The van der Waals surface area contributed by atoms with E-state index < -0.39 is 17.8 Å². The fourth-order valence-corrected chi connectivity index (χ4v) is 0.813. The molecule has 3 N–H and O–H groups in total. The van der Waals surface area contributed by atoms with Gasteiger partial charge in [0.2, 0.25) is 0 Å². The standard InChI is InChI=1S/C8H8FNO2.ClH/c9-6-3-1-5(2-4-6)7(10)8(11)12;/h1-4,7H,10H2,(H,11,12);1H/t7-;/m1./s1. The molecule has 0 unspecified atom stereocenters. The Kier molecular flexibility index (Phi) is 4.37. The molecule has 0 saturated heterocycles. The van der Waals surface area contributed by atoms with Gasteiger partial charge in [-0.25, -0.2) is 4.39 Å². The van der Waals surface area contributed by atoms with E-state index in [2.05, 4.69) is 0 Å². The van der Waals surface area contributed by atoms with Crippen molar-refractivity contribution in [2.45, 2.75) is 6.04 Å². The largest absolute Gasteiger partial charge is 0.480 e. The fourth-order valence-electron chi connectivity index (χ4n) is 0.813. The minimum atomic E-state index is -1.12. The molecule has 0 radical (unpaired) electrons. The first-order valence-electron chi connectivity index (χ1n) is 3.35. The molecule has 0 amide bonds. The number of hydrogen-bond acceptors (Lipinski definition) is 2. The first-order chi connectivity index (χ1) is 5.61. The number of hydrogen-bond donors (Lipinski definition) is 2. The lowest BCUT2D eigenvalue weighted by atomic mass is 10.1. The quantitative estimate of drug-likeness (QED) is 0.766. The zero-order valence-electron chi connectivity index (χ0n) is 6.61. The molecule has 0 aliphatic carbocycles. The van der Waals surface area contributed by atoms with Crippen LogP contribution >= 0.6 is 12.4 Å². The second-order valence-electron chi connectivity index (χ2n) is 2.37. The molecular weight excluding hydrogens is 197 g/mol. The summed E-state index contributed by atoms with van der Waals surface area (Å²) in [6.45, 7) is 0. The Morgan fingerprint density at radius 2 is 1.85 bits per heavy atom. The van der Waals surface area contributed by atoms with Crippen molar-refractivity contribution in [2.75, 3.05) is 0 Å². The van der Waals surface area contributed by atoms with Crippen LogP contribution in [0.4, 0.5) is 4.39 Å². The molecule has 0 aromatic heterocycles. The highest BCUT2D eigenvalue weighted by Crippen LogP contribution is 2.10. The zero-order valence-corrected chi connectivity index (χ0v) is 7.42. The van der Waals surface area contributed by atoms with Gasteiger partial charge < -0.3 is 10.8 Å². The Morgan fingerprint density at radius 3 is 2.23 bits per heavy atom. The summed E-state index contributed by atoms with van der Waals surface area (Å²) in [4.78, 5) is 10.4. The molecule has 13 heavy (non-hydrogen) atoms. The molecular formula is C8H9ClFNO2. The van der Waals surface area contributed by atoms with Crippen LogP contribution in [0.15, 0.2) is 24.3 Å². The van der Waals surface area contributed by atoms with E-state index in [-0.39, 0.29) is 12.4 Å². The van der Waals surface area contributed by atoms with Gasteiger partial charge in [-0.05, 0) is 17.7 Å². The monoisotopic (exact) mass is 205 g/mol. The summed E-state index contributed by atoms with van der Waals surface area (Å²) in [5.74, 6) is -1.53. The summed E-state index contributed by atoms with van der Waals surface area (Å²) >= 11 is 0. The van der Waals surface area contributed by atoms with Gasteiger partial charge in [-0.1, -0.05) is 12.1 Å². The molecule has 0 aliphatic heterocycles. The maximum Gasteiger partial charge on any atom is 0.325 e. The van der Waals surface area contributed by atoms with Crippen LogP contribution in [0.25, 0.3) is 0 Å². The summed E-state index contributed by atoms with van der Waals surface area (Å²) in [6, 6.07) is 3.99. The van der Waals surface area contributed by atoms with Crippen molar-refractivity contribution < 1.29 is 14.3 Å². The lowest BCUT2D eigenvalue weighted by Gasteiger charge is -2.05. The van der Waals surface area contributed by atoms with Gasteiger partial charge in [0.15, 0.2) is 0 Å². The van der Waals surface area contributed by atoms with Gasteiger partial charge in [-0.3, -0.25) is 4.79 Å². The van der Waals surface area contributed by atoms with Crippen molar-refractivity contribution in [3.05, 3.63) is 35.6 Å². The predicted molar refractivity (Wildman–Crippen MR) is 48.2 cm³/mol. The van der Waals surface area contributed by atoms with E-state index in [0.29, 0.717) is 5.56 Å². The number of aliphatic carboxylic acids is 1. The number of carboxylic acids is 1. The van der Waals surface area contributed by atoms with Gasteiger partial charge in [-0.2, -0.15) is 0 Å². The van der Waals surface area contributed by atoms with E-state index in [4.69, 9.17) is 10.8 Å². The third-order valence-corrected chi connectivity index (χ3v) is 1.50. The van der Waals surface area contributed by atoms with Gasteiger partial charge >= 0.3 is 5.97 Å². The van der Waals surface area contributed by atoms with Crippen LogP contribution in [0.5, 0.6) is 0 Å². The fraction of sp³-hybridized carbons (Fsp3) is 0.125. The van der Waals surface area contributed by atoms with E-state index in [1.54, 1.807) is 0 Å². The first kappa shape index (κ1) is 11.9. The summed E-state index contributed by atoms with van der Waals surface area (Å²) in [5.41, 5.74) is 5.66. The molecule has 0 spiro atoms. The normalized spacial score (nSPS) is 11.5. The highest BCUT2D eigenvalue weighted by Gasteiger charge is 2.13. The van der Waals surface area contributed by atoms with Gasteiger partial charge in [0.1, 0.15) is 11.9 Å². The average Bonchev–Trinajstić information content (AvgIpc) is 2.04. The van der Waals surface area contributed by atoms with Gasteiger partial charge in [0.05, 0.1) is 0 Å². The maximum absolute atomic E-state index is 12.4. The molecule has 0 fully saturated rings. The van der Waals surface area contributed by atoms with Crippen LogP contribution in [0.3, 0.4) is 0 Å². The Balaban J connectivity index is 0.00000144. The number of carbonyl (C=O) groups is 1. The topological polar surface area (TPSA) is 63.3 Å². The van der Waals surface area contributed by atoms with E-state index >= 15 is 0 Å². The Labute approximate surface area is 80.8 Å². The first-order valence-corrected chi connectivity index (χ1v) is 3.35. The molecule has 1 atom stereocenters. The lowest BCUT2D eigenvalue weighted by Crippen LogP contribution is -2.20. The Hall–Kier alpha value is -1.13.